The summed E-state index contributed by atoms with van der Waals surface area (Å²) in [5, 5.41) is 11.6. The van der Waals surface area contributed by atoms with Crippen LogP contribution in [0.25, 0.3) is 0 Å². The van der Waals surface area contributed by atoms with Crippen LogP contribution in [0.15, 0.2) is 48.5 Å². The molecule has 0 spiro atoms. The summed E-state index contributed by atoms with van der Waals surface area (Å²) in [7, 11) is 0. The summed E-state index contributed by atoms with van der Waals surface area (Å²) >= 11 is 11.3. The minimum atomic E-state index is -0.870. The minimum absolute atomic E-state index is 0. The Morgan fingerprint density at radius 1 is 0.912 bits per heavy atom. The van der Waals surface area contributed by atoms with E-state index in [1.165, 1.54) is 13.8 Å². The fourth-order valence-electron chi connectivity index (χ4n) is 3.14. The molecule has 1 N–H and O–H groups in total. The van der Waals surface area contributed by atoms with Crippen molar-refractivity contribution in [2.45, 2.75) is 57.3 Å². The van der Waals surface area contributed by atoms with E-state index in [0.29, 0.717) is 30.7 Å². The zero-order chi connectivity index (χ0) is 23.7. The number of hydrogen-bond acceptors (Lipinski definition) is 6. The van der Waals surface area contributed by atoms with Gasteiger partial charge in [-0.2, -0.15) is 30.3 Å². The molecule has 0 unspecified atom stereocenters. The van der Waals surface area contributed by atoms with E-state index in [2.05, 4.69) is 6.07 Å². The first kappa shape index (κ1) is 32.8. The summed E-state index contributed by atoms with van der Waals surface area (Å²) in [4.78, 5) is 31.2. The van der Waals surface area contributed by atoms with Crippen molar-refractivity contribution in [2.24, 2.45) is 0 Å². The van der Waals surface area contributed by atoms with Crippen molar-refractivity contribution in [1.82, 2.24) is 0 Å². The summed E-state index contributed by atoms with van der Waals surface area (Å²) in [6, 6.07) is 17.1. The van der Waals surface area contributed by atoms with E-state index in [0.717, 1.165) is 10.6 Å². The van der Waals surface area contributed by atoms with Crippen LogP contribution in [0.1, 0.15) is 45.1 Å². The SMILES string of the molecule is CC(=O)OC1CC(=O)C1.CC(=O)OC1CC(O)(c2ccc(Cl)cc2)C1.Clc1cc[c-]cc1.[Br-].[Mg+2]. The van der Waals surface area contributed by atoms with Crippen LogP contribution in [0.5, 0.6) is 0 Å². The quantitative estimate of drug-likeness (QED) is 0.333. The standard InChI is InChI=1S/C12H13ClO3.C6H4Cl.C6H8O3.BrH.Mg/c1-8(14)16-11-6-12(15,7-11)9-2-4-10(13)5-3-9;7-6-4-2-1-3-5-6;1-4(7)9-6-2-5(8)3-6;;/h2-5,11,15H,6-7H2,1H3;2-5H;6H,2-3H2,1H3;1H;/q;-1;;;+2/p-1. The van der Waals surface area contributed by atoms with Crippen molar-refractivity contribution >= 4 is 64.0 Å². The van der Waals surface area contributed by atoms with Crippen LogP contribution in [-0.2, 0) is 29.5 Å². The molecule has 2 aliphatic carbocycles. The summed E-state index contributed by atoms with van der Waals surface area (Å²) in [5.41, 5.74) is -0.0506. The number of benzene rings is 2. The predicted octanol–water partition coefficient (Wildman–Crippen LogP) is 1.30. The van der Waals surface area contributed by atoms with Crippen LogP contribution in [0.2, 0.25) is 10.0 Å². The fourth-order valence-corrected chi connectivity index (χ4v) is 3.39. The Morgan fingerprint density at radius 2 is 1.35 bits per heavy atom. The molecule has 0 atom stereocenters. The molecule has 10 heteroatoms. The van der Waals surface area contributed by atoms with Crippen molar-refractivity contribution in [3.63, 3.8) is 0 Å². The second kappa shape index (κ2) is 15.8. The number of ether oxygens (including phenoxy) is 2. The maximum absolute atomic E-state index is 10.7. The molecular formula is C24H25BrCl2MgO6. The van der Waals surface area contributed by atoms with Crippen molar-refractivity contribution < 1.29 is 45.9 Å². The Hall–Kier alpha value is -1.16. The van der Waals surface area contributed by atoms with Gasteiger partial charge in [-0.05, 0) is 17.7 Å². The van der Waals surface area contributed by atoms with Gasteiger partial charge in [0.2, 0.25) is 0 Å². The molecule has 180 valence electrons. The molecule has 6 nitrogen and oxygen atoms in total. The van der Waals surface area contributed by atoms with Gasteiger partial charge >= 0.3 is 35.0 Å². The monoisotopic (exact) mass is 582 g/mol. The van der Waals surface area contributed by atoms with Crippen LogP contribution < -0.4 is 17.0 Å². The topological polar surface area (TPSA) is 89.9 Å². The average molecular weight is 585 g/mol. The normalized spacial score (nSPS) is 20.1. The van der Waals surface area contributed by atoms with Gasteiger partial charge in [-0.3, -0.25) is 14.4 Å². The molecule has 0 bridgehead atoms. The third kappa shape index (κ3) is 11.5. The number of hydrogen-bond donors (Lipinski definition) is 1. The number of ketones is 1. The molecule has 2 fully saturated rings. The molecule has 0 aromatic heterocycles. The van der Waals surface area contributed by atoms with Gasteiger partial charge in [0.15, 0.2) is 0 Å². The van der Waals surface area contributed by atoms with E-state index in [9.17, 15) is 19.5 Å². The molecule has 0 radical (unpaired) electrons. The van der Waals surface area contributed by atoms with Crippen LogP contribution in [0.4, 0.5) is 0 Å². The Bertz CT molecular complexity index is 913. The Kier molecular flexibility index (Phi) is 15.2. The number of rotatable bonds is 3. The van der Waals surface area contributed by atoms with Crippen LogP contribution in [-0.4, -0.2) is 58.1 Å². The average Bonchev–Trinajstić information content (AvgIpc) is 2.67. The first-order valence-corrected chi connectivity index (χ1v) is 10.8. The molecule has 2 saturated carbocycles. The molecule has 2 aromatic rings. The Balaban J connectivity index is 0.000000516. The second-order valence-electron chi connectivity index (χ2n) is 7.57. The van der Waals surface area contributed by atoms with Gasteiger partial charge in [0.25, 0.3) is 0 Å². The summed E-state index contributed by atoms with van der Waals surface area (Å²) < 4.78 is 9.70. The van der Waals surface area contributed by atoms with E-state index in [4.69, 9.17) is 32.7 Å². The zero-order valence-electron chi connectivity index (χ0n) is 18.9. The number of esters is 2. The molecule has 0 aliphatic heterocycles. The summed E-state index contributed by atoms with van der Waals surface area (Å²) in [5.74, 6) is -0.420. The van der Waals surface area contributed by atoms with Crippen LogP contribution >= 0.6 is 23.2 Å². The number of halogens is 3. The van der Waals surface area contributed by atoms with Gasteiger partial charge in [-0.1, -0.05) is 28.8 Å². The van der Waals surface area contributed by atoms with Gasteiger partial charge in [0.1, 0.15) is 18.0 Å². The van der Waals surface area contributed by atoms with Crippen LogP contribution in [0, 0.1) is 6.07 Å². The zero-order valence-corrected chi connectivity index (χ0v) is 23.4. The van der Waals surface area contributed by atoms with Gasteiger partial charge in [-0.15, -0.1) is 11.6 Å². The molecule has 2 aromatic carbocycles. The fraction of sp³-hybridized carbons (Fsp3) is 0.375. The van der Waals surface area contributed by atoms with Gasteiger partial charge < -0.3 is 31.6 Å². The molecule has 2 aliphatic rings. The van der Waals surface area contributed by atoms with E-state index in [1.807, 2.05) is 0 Å². The van der Waals surface area contributed by atoms with E-state index < -0.39 is 5.60 Å². The van der Waals surface area contributed by atoms with E-state index in [-0.39, 0.29) is 70.0 Å². The summed E-state index contributed by atoms with van der Waals surface area (Å²) in [6.07, 6.45) is 1.45. The number of aliphatic hydroxyl groups is 1. The van der Waals surface area contributed by atoms with Crippen molar-refractivity contribution in [3.8, 4) is 0 Å². The van der Waals surface area contributed by atoms with Crippen molar-refractivity contribution in [1.29, 1.82) is 0 Å². The molecule has 0 amide bonds. The Morgan fingerprint density at radius 3 is 1.74 bits per heavy atom. The number of carbonyl (C=O) groups excluding carboxylic acids is 3. The van der Waals surface area contributed by atoms with E-state index >= 15 is 0 Å². The van der Waals surface area contributed by atoms with Crippen molar-refractivity contribution in [3.05, 3.63) is 70.2 Å². The van der Waals surface area contributed by atoms with Gasteiger partial charge in [0, 0.05) is 44.6 Å². The van der Waals surface area contributed by atoms with Gasteiger partial charge in [0.05, 0.1) is 5.60 Å². The third-order valence-electron chi connectivity index (χ3n) is 4.77. The van der Waals surface area contributed by atoms with Gasteiger partial charge in [-0.25, -0.2) is 0 Å². The van der Waals surface area contributed by atoms with Crippen LogP contribution in [0.3, 0.4) is 0 Å². The second-order valence-corrected chi connectivity index (χ2v) is 8.45. The maximum Gasteiger partial charge on any atom is 2.00 e. The third-order valence-corrected chi connectivity index (χ3v) is 5.27. The number of Topliss-reactive ketones (excluding diaryl/α,β-unsaturated/α-hetero) is 1. The predicted molar refractivity (Wildman–Crippen MR) is 126 cm³/mol. The van der Waals surface area contributed by atoms with Crippen molar-refractivity contribution in [2.75, 3.05) is 0 Å². The Labute approximate surface area is 236 Å². The molecule has 34 heavy (non-hydrogen) atoms. The first-order valence-electron chi connectivity index (χ1n) is 10.0. The summed E-state index contributed by atoms with van der Waals surface area (Å²) in [6.45, 7) is 2.72. The first-order chi connectivity index (χ1) is 15.1. The largest absolute Gasteiger partial charge is 2.00 e. The maximum atomic E-state index is 10.7. The minimum Gasteiger partial charge on any atom is -1.00 e. The molecule has 0 saturated heterocycles. The van der Waals surface area contributed by atoms with E-state index in [1.54, 1.807) is 48.5 Å². The molecular weight excluding hydrogens is 559 g/mol. The number of carbonyl (C=O) groups is 3. The molecule has 4 rings (SSSR count). The smallest absolute Gasteiger partial charge is 1.00 e. The molecule has 0 heterocycles.